The highest BCUT2D eigenvalue weighted by Gasteiger charge is 2.43. The molecule has 0 bridgehead atoms. The van der Waals surface area contributed by atoms with Crippen molar-refractivity contribution in [3.05, 3.63) is 231 Å². The number of benzene rings is 10. The smallest absolute Gasteiger partial charge is 0.0540 e. The molecule has 2 aliphatic carbocycles. The average molecular weight is 878 g/mol. The van der Waals surface area contributed by atoms with Crippen molar-refractivity contribution in [3.63, 3.8) is 0 Å². The monoisotopic (exact) mass is 877 g/mol. The average Bonchev–Trinajstić information content (AvgIpc) is 3.70. The first-order valence-electron chi connectivity index (χ1n) is 24.9. The molecule has 3 aliphatic rings. The first kappa shape index (κ1) is 41.2. The van der Waals surface area contributed by atoms with E-state index in [9.17, 15) is 0 Å². The van der Waals surface area contributed by atoms with E-state index in [1.807, 2.05) is 0 Å². The summed E-state index contributed by atoms with van der Waals surface area (Å²) in [6.45, 7) is 21.6. The van der Waals surface area contributed by atoms with Gasteiger partial charge in [-0.25, -0.2) is 0 Å². The molecule has 10 aromatic carbocycles. The summed E-state index contributed by atoms with van der Waals surface area (Å²) in [6, 6.07) is 65.6. The second-order valence-electron chi connectivity index (χ2n) is 22.5. The van der Waals surface area contributed by atoms with Gasteiger partial charge in [0.15, 0.2) is 0 Å². The van der Waals surface area contributed by atoms with Gasteiger partial charge in [-0.15, -0.1) is 0 Å². The van der Waals surface area contributed by atoms with Crippen LogP contribution in [0.1, 0.15) is 117 Å². The van der Waals surface area contributed by atoms with E-state index < -0.39 is 0 Å². The Morgan fingerprint density at radius 2 is 0.912 bits per heavy atom. The van der Waals surface area contributed by atoms with Crippen LogP contribution in [0.2, 0.25) is 0 Å². The van der Waals surface area contributed by atoms with E-state index >= 15 is 0 Å². The lowest BCUT2D eigenvalue weighted by Crippen LogP contribution is -2.31. The third-order valence-corrected chi connectivity index (χ3v) is 17.4. The molecule has 0 unspecified atom stereocenters. The Bertz CT molecular complexity index is 3760. The van der Waals surface area contributed by atoms with Crippen LogP contribution in [0, 0.1) is 6.92 Å². The molecule has 0 aromatic heterocycles. The molecule has 10 aromatic rings. The van der Waals surface area contributed by atoms with Gasteiger partial charge in [-0.1, -0.05) is 195 Å². The summed E-state index contributed by atoms with van der Waals surface area (Å²) in [5, 5.41) is 7.98. The first-order valence-corrected chi connectivity index (χ1v) is 24.9. The predicted octanol–water partition coefficient (Wildman–Crippen LogP) is 17.7. The van der Waals surface area contributed by atoms with Gasteiger partial charge in [0.25, 0.3) is 0 Å². The molecule has 0 atom stereocenters. The van der Waals surface area contributed by atoms with Gasteiger partial charge in [-0.2, -0.15) is 0 Å². The third-order valence-electron chi connectivity index (χ3n) is 17.4. The zero-order valence-electron chi connectivity index (χ0n) is 41.0. The molecule has 1 heterocycles. The minimum Gasteiger partial charge on any atom is -0.309 e. The first-order chi connectivity index (χ1) is 32.7. The number of anilines is 3. The maximum absolute atomic E-state index is 2.60. The SMILES string of the molecule is Cc1cc2c(cc1C(C)(C)c1ccccc1CCc1ccc3ccc4c(N5c6ccccc6C(C)(C)c6cc7c(cc65)C(C)(C)c5ccccc5-7)ccc5ccc1c3c54)-c1ccccc1C2(C)C. The number of fused-ring (bicyclic) bond motifs is 8. The highest BCUT2D eigenvalue weighted by molar-refractivity contribution is 6.26. The van der Waals surface area contributed by atoms with Gasteiger partial charge < -0.3 is 4.90 Å². The Kier molecular flexibility index (Phi) is 8.52. The van der Waals surface area contributed by atoms with Crippen molar-refractivity contribution in [2.45, 2.75) is 96.8 Å². The zero-order valence-corrected chi connectivity index (χ0v) is 41.0. The number of para-hydroxylation sites is 1. The van der Waals surface area contributed by atoms with Gasteiger partial charge in [-0.05, 0) is 160 Å². The van der Waals surface area contributed by atoms with E-state index in [0.717, 1.165) is 12.8 Å². The van der Waals surface area contributed by atoms with Crippen LogP contribution in [0.5, 0.6) is 0 Å². The van der Waals surface area contributed by atoms with E-state index in [1.165, 1.54) is 133 Å². The topological polar surface area (TPSA) is 3.24 Å². The number of hydrogen-bond acceptors (Lipinski definition) is 1. The normalized spacial score (nSPS) is 15.9. The minimum absolute atomic E-state index is 0.00756. The molecule has 0 amide bonds. The van der Waals surface area contributed by atoms with Gasteiger partial charge in [0.05, 0.1) is 17.1 Å². The summed E-state index contributed by atoms with van der Waals surface area (Å²) in [7, 11) is 0. The van der Waals surface area contributed by atoms with Crippen molar-refractivity contribution < 1.29 is 0 Å². The molecule has 68 heavy (non-hydrogen) atoms. The summed E-state index contributed by atoms with van der Waals surface area (Å²) in [5.41, 5.74) is 24.3. The van der Waals surface area contributed by atoms with Crippen LogP contribution in [0.3, 0.4) is 0 Å². The highest BCUT2D eigenvalue weighted by Crippen LogP contribution is 2.59. The van der Waals surface area contributed by atoms with Gasteiger partial charge in [-0.3, -0.25) is 0 Å². The molecule has 0 radical (unpaired) electrons. The maximum Gasteiger partial charge on any atom is 0.0540 e. The Morgan fingerprint density at radius 3 is 1.63 bits per heavy atom. The lowest BCUT2D eigenvalue weighted by Gasteiger charge is -2.43. The van der Waals surface area contributed by atoms with E-state index in [2.05, 4.69) is 237 Å². The van der Waals surface area contributed by atoms with Crippen molar-refractivity contribution in [1.29, 1.82) is 0 Å². The quantitative estimate of drug-likeness (QED) is 0.150. The van der Waals surface area contributed by atoms with E-state index in [0.29, 0.717) is 0 Å². The molecular formula is C67H59N. The van der Waals surface area contributed by atoms with Crippen molar-refractivity contribution in [1.82, 2.24) is 0 Å². The van der Waals surface area contributed by atoms with Crippen LogP contribution in [0.25, 0.3) is 54.6 Å². The molecule has 0 N–H and O–H groups in total. The van der Waals surface area contributed by atoms with E-state index in [-0.39, 0.29) is 21.7 Å². The summed E-state index contributed by atoms with van der Waals surface area (Å²) in [6.07, 6.45) is 1.93. The molecule has 1 heteroatoms. The Hall–Kier alpha value is -6.96. The van der Waals surface area contributed by atoms with Gasteiger partial charge in [0.1, 0.15) is 0 Å². The van der Waals surface area contributed by atoms with Crippen LogP contribution in [-0.2, 0) is 34.5 Å². The van der Waals surface area contributed by atoms with Crippen LogP contribution < -0.4 is 4.90 Å². The second-order valence-corrected chi connectivity index (χ2v) is 22.5. The third kappa shape index (κ3) is 5.51. The lowest BCUT2D eigenvalue weighted by atomic mass is 9.71. The Morgan fingerprint density at radius 1 is 0.382 bits per heavy atom. The van der Waals surface area contributed by atoms with Crippen molar-refractivity contribution >= 4 is 49.4 Å². The largest absolute Gasteiger partial charge is 0.309 e. The highest BCUT2D eigenvalue weighted by atomic mass is 15.2. The van der Waals surface area contributed by atoms with E-state index in [1.54, 1.807) is 0 Å². The van der Waals surface area contributed by atoms with Crippen molar-refractivity contribution in [3.8, 4) is 22.3 Å². The van der Waals surface area contributed by atoms with Gasteiger partial charge in [0.2, 0.25) is 0 Å². The number of rotatable bonds is 6. The maximum atomic E-state index is 2.60. The molecule has 0 saturated heterocycles. The summed E-state index contributed by atoms with van der Waals surface area (Å²) in [4.78, 5) is 2.60. The standard InChI is InChI=1S/C67H59N/c1-40-36-56-49(46-19-11-14-22-52(46)65(56,4)5)37-55(40)64(2,3)51-21-13-10-18-42(51)28-26-41-27-29-43-31-34-48-59(35-32-44-30-33-45(41)62(43)63(44)48)68-60-25-17-16-24-54(60)67(8,9)58-38-50-47-20-12-15-23-53(47)66(6,7)57(50)39-61(58)68/h10-25,27,29-39H,26,28H2,1-9H3. The van der Waals surface area contributed by atoms with Crippen LogP contribution in [0.4, 0.5) is 17.1 Å². The molecule has 1 nitrogen and oxygen atoms in total. The van der Waals surface area contributed by atoms with Gasteiger partial charge >= 0.3 is 0 Å². The fraction of sp³-hybridized carbons (Fsp3) is 0.224. The molecule has 332 valence electrons. The lowest BCUT2D eigenvalue weighted by molar-refractivity contribution is 0.622. The summed E-state index contributed by atoms with van der Waals surface area (Å²) < 4.78 is 0. The van der Waals surface area contributed by atoms with Crippen molar-refractivity contribution in [2.24, 2.45) is 0 Å². The number of aryl methyl sites for hydroxylation is 3. The molecule has 0 fully saturated rings. The van der Waals surface area contributed by atoms with Gasteiger partial charge in [0, 0.05) is 27.0 Å². The molecular weight excluding hydrogens is 819 g/mol. The van der Waals surface area contributed by atoms with Crippen LogP contribution in [0.15, 0.2) is 170 Å². The predicted molar refractivity (Wildman–Crippen MR) is 289 cm³/mol. The van der Waals surface area contributed by atoms with Crippen LogP contribution >= 0.6 is 0 Å². The molecule has 13 rings (SSSR count). The number of hydrogen-bond donors (Lipinski definition) is 0. The van der Waals surface area contributed by atoms with Crippen LogP contribution in [-0.4, -0.2) is 0 Å². The summed E-state index contributed by atoms with van der Waals surface area (Å²) >= 11 is 0. The Labute approximate surface area is 402 Å². The van der Waals surface area contributed by atoms with Crippen molar-refractivity contribution in [2.75, 3.05) is 4.90 Å². The molecule has 1 aliphatic heterocycles. The fourth-order valence-corrected chi connectivity index (χ4v) is 13.7. The summed E-state index contributed by atoms with van der Waals surface area (Å²) in [5.74, 6) is 0. The second kappa shape index (κ2) is 14.1. The zero-order chi connectivity index (χ0) is 46.6. The number of nitrogens with zero attached hydrogens (tertiary/aromatic N) is 1. The molecule has 0 saturated carbocycles. The molecule has 0 spiro atoms. The van der Waals surface area contributed by atoms with E-state index in [4.69, 9.17) is 0 Å². The fourth-order valence-electron chi connectivity index (χ4n) is 13.7. The Balaban J connectivity index is 0.914. The minimum atomic E-state index is -0.185.